The molecule has 0 aliphatic carbocycles. The van der Waals surface area contributed by atoms with E-state index in [2.05, 4.69) is 21.0 Å². The van der Waals surface area contributed by atoms with Crippen LogP contribution in [-0.2, 0) is 5.67 Å². The summed E-state index contributed by atoms with van der Waals surface area (Å²) in [5.41, 5.74) is -1.36. The second-order valence-electron chi connectivity index (χ2n) is 4.73. The quantitative estimate of drug-likeness (QED) is 0.866. The highest BCUT2D eigenvalue weighted by molar-refractivity contribution is 9.10. The molecule has 0 fully saturated rings. The first-order chi connectivity index (χ1) is 9.38. The predicted molar refractivity (Wildman–Crippen MR) is 72.2 cm³/mol. The van der Waals surface area contributed by atoms with E-state index >= 15 is 0 Å². The van der Waals surface area contributed by atoms with Crippen molar-refractivity contribution >= 4 is 21.9 Å². The van der Waals surface area contributed by atoms with Crippen LogP contribution in [0.5, 0.6) is 5.75 Å². The summed E-state index contributed by atoms with van der Waals surface area (Å²) in [5.74, 6) is -0.741. The van der Waals surface area contributed by atoms with Crippen molar-refractivity contribution in [3.8, 4) is 11.4 Å². The van der Waals surface area contributed by atoms with Crippen molar-refractivity contribution in [2.24, 2.45) is 0 Å². The molecule has 7 heteroatoms. The molecule has 1 aliphatic heterocycles. The summed E-state index contributed by atoms with van der Waals surface area (Å²) < 4.78 is 22.2. The molecule has 0 amide bonds. The fraction of sp³-hybridized carbons (Fsp3) is 0.231. The highest BCUT2D eigenvalue weighted by Gasteiger charge is 2.36. The van der Waals surface area contributed by atoms with Gasteiger partial charge in [-0.05, 0) is 31.2 Å². The van der Waals surface area contributed by atoms with Gasteiger partial charge >= 0.3 is 5.97 Å². The fourth-order valence-corrected chi connectivity index (χ4v) is 2.45. The molecule has 1 aromatic heterocycles. The molecular formula is C13H10BrFN2O3. The first kappa shape index (κ1) is 13.1. The normalized spacial score (nSPS) is 20.6. The lowest BCUT2D eigenvalue weighted by atomic mass is 10.1. The summed E-state index contributed by atoms with van der Waals surface area (Å²) in [6.07, 6.45) is 0. The maximum atomic E-state index is 14.7. The summed E-state index contributed by atoms with van der Waals surface area (Å²) in [6, 6.07) is 6.40. The third-order valence-electron chi connectivity index (χ3n) is 3.11. The fourth-order valence-electron chi connectivity index (χ4n) is 2.11. The Kier molecular flexibility index (Phi) is 2.82. The van der Waals surface area contributed by atoms with Gasteiger partial charge < -0.3 is 9.84 Å². The molecule has 1 aromatic carbocycles. The molecule has 104 valence electrons. The summed E-state index contributed by atoms with van der Waals surface area (Å²) >= 11 is 3.33. The number of benzene rings is 1. The van der Waals surface area contributed by atoms with E-state index in [1.807, 2.05) is 0 Å². The third-order valence-corrected chi connectivity index (χ3v) is 3.60. The number of carboxylic acids is 1. The van der Waals surface area contributed by atoms with Gasteiger partial charge in [-0.25, -0.2) is 13.9 Å². The van der Waals surface area contributed by atoms with E-state index in [-0.39, 0.29) is 18.0 Å². The molecule has 0 saturated heterocycles. The number of alkyl halides is 1. The van der Waals surface area contributed by atoms with E-state index < -0.39 is 11.6 Å². The largest absolute Gasteiger partial charge is 0.488 e. The Morgan fingerprint density at radius 3 is 3.00 bits per heavy atom. The van der Waals surface area contributed by atoms with Crippen LogP contribution >= 0.6 is 15.9 Å². The van der Waals surface area contributed by atoms with Crippen LogP contribution in [0.1, 0.15) is 23.1 Å². The number of ether oxygens (including phenoxy) is 1. The van der Waals surface area contributed by atoms with Gasteiger partial charge in [0.2, 0.25) is 0 Å². The number of nitrogens with zero attached hydrogens (tertiary/aromatic N) is 2. The van der Waals surface area contributed by atoms with E-state index in [4.69, 9.17) is 9.84 Å². The van der Waals surface area contributed by atoms with Gasteiger partial charge in [0.05, 0.1) is 5.69 Å². The van der Waals surface area contributed by atoms with Gasteiger partial charge in [-0.15, -0.1) is 0 Å². The van der Waals surface area contributed by atoms with Gasteiger partial charge in [-0.2, -0.15) is 5.10 Å². The number of aromatic carboxylic acids is 1. The molecule has 1 unspecified atom stereocenters. The van der Waals surface area contributed by atoms with Crippen molar-refractivity contribution in [3.63, 3.8) is 0 Å². The second-order valence-corrected chi connectivity index (χ2v) is 5.65. The zero-order chi connectivity index (χ0) is 14.5. The Balaban J connectivity index is 2.30. The molecule has 5 nitrogen and oxygen atoms in total. The molecule has 1 aliphatic rings. The van der Waals surface area contributed by atoms with Gasteiger partial charge in [0.1, 0.15) is 18.0 Å². The Bertz CT molecular complexity index is 712. The van der Waals surface area contributed by atoms with Crippen molar-refractivity contribution in [1.82, 2.24) is 9.78 Å². The highest BCUT2D eigenvalue weighted by atomic mass is 79.9. The number of aromatic nitrogens is 2. The van der Waals surface area contributed by atoms with E-state index in [0.717, 1.165) is 4.47 Å². The van der Waals surface area contributed by atoms with Gasteiger partial charge in [0, 0.05) is 4.47 Å². The lowest BCUT2D eigenvalue weighted by Crippen LogP contribution is -2.25. The number of hydrogen-bond acceptors (Lipinski definition) is 3. The number of carboxylic acid groups (broad SMARTS) is 1. The van der Waals surface area contributed by atoms with Gasteiger partial charge in [-0.1, -0.05) is 15.9 Å². The van der Waals surface area contributed by atoms with Crippen molar-refractivity contribution in [2.45, 2.75) is 12.6 Å². The first-order valence-electron chi connectivity index (χ1n) is 5.84. The molecule has 1 N–H and O–H groups in total. The Morgan fingerprint density at radius 2 is 2.30 bits per heavy atom. The lowest BCUT2D eigenvalue weighted by Gasteiger charge is -2.17. The molecule has 1 atom stereocenters. The van der Waals surface area contributed by atoms with Crippen molar-refractivity contribution in [1.29, 1.82) is 0 Å². The lowest BCUT2D eigenvalue weighted by molar-refractivity contribution is 0.0690. The van der Waals surface area contributed by atoms with Crippen molar-refractivity contribution in [2.75, 3.05) is 6.61 Å². The molecule has 0 bridgehead atoms. The second kappa shape index (κ2) is 4.31. The zero-order valence-corrected chi connectivity index (χ0v) is 12.0. The third kappa shape index (κ3) is 1.98. The van der Waals surface area contributed by atoms with Crippen LogP contribution < -0.4 is 4.74 Å². The predicted octanol–water partition coefficient (Wildman–Crippen LogP) is 2.91. The van der Waals surface area contributed by atoms with Crippen LogP contribution in [0.3, 0.4) is 0 Å². The summed E-state index contributed by atoms with van der Waals surface area (Å²) in [7, 11) is 0. The SMILES string of the molecule is CC1(F)COc2ccc(Br)cc2-n2nc(C(=O)O)cc21. The van der Waals surface area contributed by atoms with Crippen LogP contribution in [0, 0.1) is 0 Å². The van der Waals surface area contributed by atoms with Gasteiger partial charge in [-0.3, -0.25) is 0 Å². The summed E-state index contributed by atoms with van der Waals surface area (Å²) in [4.78, 5) is 11.1. The average molecular weight is 341 g/mol. The molecule has 2 heterocycles. The Morgan fingerprint density at radius 1 is 1.55 bits per heavy atom. The van der Waals surface area contributed by atoms with E-state index in [0.29, 0.717) is 11.4 Å². The number of fused-ring (bicyclic) bond motifs is 3. The van der Waals surface area contributed by atoms with Crippen LogP contribution in [0.15, 0.2) is 28.7 Å². The maximum absolute atomic E-state index is 14.7. The smallest absolute Gasteiger partial charge is 0.356 e. The Labute approximate surface area is 122 Å². The van der Waals surface area contributed by atoms with Crippen molar-refractivity contribution < 1.29 is 19.0 Å². The number of hydrogen-bond donors (Lipinski definition) is 1. The van der Waals surface area contributed by atoms with Crippen LogP contribution in [0.2, 0.25) is 0 Å². The van der Waals surface area contributed by atoms with Crippen LogP contribution in [0.4, 0.5) is 4.39 Å². The Hall–Kier alpha value is -1.89. The van der Waals surface area contributed by atoms with Gasteiger partial charge in [0.25, 0.3) is 0 Å². The molecule has 0 saturated carbocycles. The topological polar surface area (TPSA) is 64.4 Å². The molecule has 0 spiro atoms. The highest BCUT2D eigenvalue weighted by Crippen LogP contribution is 2.37. The minimum absolute atomic E-state index is 0.159. The minimum atomic E-state index is -1.83. The van der Waals surface area contributed by atoms with E-state index in [1.54, 1.807) is 18.2 Å². The zero-order valence-electron chi connectivity index (χ0n) is 10.4. The van der Waals surface area contributed by atoms with Crippen LogP contribution in [-0.4, -0.2) is 27.5 Å². The van der Waals surface area contributed by atoms with E-state index in [9.17, 15) is 9.18 Å². The van der Waals surface area contributed by atoms with Gasteiger partial charge in [0.15, 0.2) is 11.4 Å². The van der Waals surface area contributed by atoms with Crippen LogP contribution in [0.25, 0.3) is 5.69 Å². The minimum Gasteiger partial charge on any atom is -0.488 e. The standard InChI is InChI=1S/C13H10BrFN2O3/c1-13(15)6-20-10-3-2-7(14)4-9(10)17-11(13)5-8(16-17)12(18)19/h2-5H,6H2,1H3,(H,18,19). The molecule has 2 aromatic rings. The molecule has 20 heavy (non-hydrogen) atoms. The molecule has 3 rings (SSSR count). The molecular weight excluding hydrogens is 331 g/mol. The summed E-state index contributed by atoms with van der Waals surface area (Å²) in [6.45, 7) is 1.14. The first-order valence-corrected chi connectivity index (χ1v) is 6.63. The van der Waals surface area contributed by atoms with Crippen molar-refractivity contribution in [3.05, 3.63) is 40.1 Å². The number of carbonyl (C=O) groups is 1. The number of rotatable bonds is 1. The maximum Gasteiger partial charge on any atom is 0.356 e. The monoisotopic (exact) mass is 340 g/mol. The van der Waals surface area contributed by atoms with E-state index in [1.165, 1.54) is 17.7 Å². The number of halogens is 2. The average Bonchev–Trinajstić information content (AvgIpc) is 2.79. The molecule has 0 radical (unpaired) electrons. The summed E-state index contributed by atoms with van der Waals surface area (Å²) in [5, 5.41) is 13.0.